The summed E-state index contributed by atoms with van der Waals surface area (Å²) in [7, 11) is 0. The number of carbonyl (C=O) groups excluding carboxylic acids is 1. The average molecular weight is 395 g/mol. The first-order valence-electron chi connectivity index (χ1n) is 9.69. The Morgan fingerprint density at radius 1 is 1.00 bits per heavy atom. The fourth-order valence-corrected chi connectivity index (χ4v) is 3.28. The summed E-state index contributed by atoms with van der Waals surface area (Å²) in [4.78, 5) is 29.9. The van der Waals surface area contributed by atoms with Crippen LogP contribution in [0, 0.1) is 6.92 Å². The number of benzene rings is 3. The molecule has 30 heavy (non-hydrogen) atoms. The van der Waals surface area contributed by atoms with E-state index in [2.05, 4.69) is 10.3 Å². The van der Waals surface area contributed by atoms with Crippen LogP contribution in [0.1, 0.15) is 17.0 Å². The highest BCUT2D eigenvalue weighted by Gasteiger charge is 2.10. The molecule has 5 nitrogen and oxygen atoms in total. The first kappa shape index (κ1) is 19.3. The number of rotatable bonds is 5. The average Bonchev–Trinajstić information content (AvgIpc) is 2.77. The Hall–Kier alpha value is -3.99. The van der Waals surface area contributed by atoms with Gasteiger partial charge in [-0.1, -0.05) is 60.7 Å². The highest BCUT2D eigenvalue weighted by molar-refractivity contribution is 6.02. The normalized spacial score (nSPS) is 11.1. The summed E-state index contributed by atoms with van der Waals surface area (Å²) >= 11 is 0. The van der Waals surface area contributed by atoms with Crippen molar-refractivity contribution in [3.8, 4) is 0 Å². The molecule has 5 heteroatoms. The van der Waals surface area contributed by atoms with Crippen molar-refractivity contribution in [1.82, 2.24) is 9.55 Å². The fourth-order valence-electron chi connectivity index (χ4n) is 3.28. The molecule has 1 amide bonds. The molecule has 4 rings (SSSR count). The van der Waals surface area contributed by atoms with Crippen LogP contribution in [0.25, 0.3) is 17.0 Å². The molecule has 148 valence electrons. The SMILES string of the molecule is Cc1nc2ccc(NC(=O)/C=C/c3ccccc3)cc2c(=O)n1Cc1ccccc1. The van der Waals surface area contributed by atoms with E-state index in [1.807, 2.05) is 67.6 Å². The number of anilines is 1. The van der Waals surface area contributed by atoms with Crippen LogP contribution in [0.5, 0.6) is 0 Å². The van der Waals surface area contributed by atoms with Gasteiger partial charge in [-0.2, -0.15) is 0 Å². The molecule has 0 spiro atoms. The third kappa shape index (κ3) is 4.36. The minimum Gasteiger partial charge on any atom is -0.322 e. The zero-order chi connectivity index (χ0) is 20.9. The second-order valence-corrected chi connectivity index (χ2v) is 7.00. The molecule has 0 fully saturated rings. The number of nitrogens with one attached hydrogen (secondary N) is 1. The van der Waals surface area contributed by atoms with E-state index >= 15 is 0 Å². The number of amides is 1. The van der Waals surface area contributed by atoms with E-state index in [1.54, 1.807) is 28.8 Å². The zero-order valence-electron chi connectivity index (χ0n) is 16.6. The summed E-state index contributed by atoms with van der Waals surface area (Å²) in [6, 6.07) is 24.6. The Bertz CT molecular complexity index is 1280. The van der Waals surface area contributed by atoms with Gasteiger partial charge in [-0.15, -0.1) is 0 Å². The molecular formula is C25H21N3O2. The number of nitrogens with zero attached hydrogens (tertiary/aromatic N) is 2. The molecule has 0 saturated heterocycles. The minimum atomic E-state index is -0.261. The fraction of sp³-hybridized carbons (Fsp3) is 0.0800. The molecule has 0 saturated carbocycles. The molecule has 1 aromatic heterocycles. The standard InChI is InChI=1S/C25H21N3O2/c1-18-26-23-14-13-21(27-24(29)15-12-19-8-4-2-5-9-19)16-22(23)25(30)28(18)17-20-10-6-3-7-11-20/h2-16H,17H2,1H3,(H,27,29)/b15-12+. The second-order valence-electron chi connectivity index (χ2n) is 7.00. The van der Waals surface area contributed by atoms with Crippen molar-refractivity contribution in [3.05, 3.63) is 112 Å². The minimum absolute atomic E-state index is 0.128. The third-order valence-electron chi connectivity index (χ3n) is 4.82. The van der Waals surface area contributed by atoms with E-state index in [1.165, 1.54) is 6.08 Å². The van der Waals surface area contributed by atoms with E-state index in [0.29, 0.717) is 29.0 Å². The van der Waals surface area contributed by atoms with Crippen molar-refractivity contribution in [3.63, 3.8) is 0 Å². The number of aromatic nitrogens is 2. The van der Waals surface area contributed by atoms with Crippen molar-refractivity contribution < 1.29 is 4.79 Å². The number of hydrogen-bond donors (Lipinski definition) is 1. The van der Waals surface area contributed by atoms with Gasteiger partial charge >= 0.3 is 0 Å². The van der Waals surface area contributed by atoms with Gasteiger partial charge in [0.1, 0.15) is 5.82 Å². The Labute approximate surface area is 174 Å². The van der Waals surface area contributed by atoms with Gasteiger partial charge in [-0.25, -0.2) is 4.98 Å². The Morgan fingerprint density at radius 3 is 2.43 bits per heavy atom. The van der Waals surface area contributed by atoms with Crippen molar-refractivity contribution >= 4 is 28.6 Å². The molecule has 3 aromatic carbocycles. The molecule has 0 bridgehead atoms. The van der Waals surface area contributed by atoms with Gasteiger partial charge in [0.25, 0.3) is 5.56 Å². The number of hydrogen-bond acceptors (Lipinski definition) is 3. The highest BCUT2D eigenvalue weighted by Crippen LogP contribution is 2.16. The number of carbonyl (C=O) groups is 1. The molecule has 1 heterocycles. The van der Waals surface area contributed by atoms with E-state index in [-0.39, 0.29) is 11.5 Å². The van der Waals surface area contributed by atoms with Crippen LogP contribution in [0.4, 0.5) is 5.69 Å². The molecule has 0 aliphatic heterocycles. The molecule has 0 radical (unpaired) electrons. The summed E-state index contributed by atoms with van der Waals surface area (Å²) in [5.41, 5.74) is 3.00. The van der Waals surface area contributed by atoms with Crippen LogP contribution < -0.4 is 10.9 Å². The molecular weight excluding hydrogens is 374 g/mol. The third-order valence-corrected chi connectivity index (χ3v) is 4.82. The Balaban J connectivity index is 1.60. The van der Waals surface area contributed by atoms with E-state index in [4.69, 9.17) is 0 Å². The van der Waals surface area contributed by atoms with Gasteiger partial charge in [0, 0.05) is 11.8 Å². The largest absolute Gasteiger partial charge is 0.322 e. The molecule has 0 atom stereocenters. The predicted molar refractivity (Wildman–Crippen MR) is 120 cm³/mol. The van der Waals surface area contributed by atoms with Crippen LogP contribution in [0.3, 0.4) is 0 Å². The summed E-state index contributed by atoms with van der Waals surface area (Å²) in [6.07, 6.45) is 3.22. The monoisotopic (exact) mass is 395 g/mol. The van der Waals surface area contributed by atoms with Gasteiger partial charge in [0.2, 0.25) is 5.91 Å². The van der Waals surface area contributed by atoms with Crippen LogP contribution >= 0.6 is 0 Å². The van der Waals surface area contributed by atoms with Crippen molar-refractivity contribution in [2.24, 2.45) is 0 Å². The van der Waals surface area contributed by atoms with E-state index in [9.17, 15) is 9.59 Å². The van der Waals surface area contributed by atoms with Crippen molar-refractivity contribution in [2.75, 3.05) is 5.32 Å². The predicted octanol–water partition coefficient (Wildman–Crippen LogP) is 4.41. The maximum absolute atomic E-state index is 13.1. The zero-order valence-corrected chi connectivity index (χ0v) is 16.6. The van der Waals surface area contributed by atoms with E-state index < -0.39 is 0 Å². The number of fused-ring (bicyclic) bond motifs is 1. The smallest absolute Gasteiger partial charge is 0.261 e. The first-order valence-corrected chi connectivity index (χ1v) is 9.69. The first-order chi connectivity index (χ1) is 14.6. The number of aryl methyl sites for hydroxylation is 1. The van der Waals surface area contributed by atoms with Gasteiger partial charge < -0.3 is 5.32 Å². The molecule has 0 unspecified atom stereocenters. The van der Waals surface area contributed by atoms with Crippen molar-refractivity contribution in [1.29, 1.82) is 0 Å². The van der Waals surface area contributed by atoms with Crippen molar-refractivity contribution in [2.45, 2.75) is 13.5 Å². The van der Waals surface area contributed by atoms with Crippen LogP contribution in [0.15, 0.2) is 89.7 Å². The lowest BCUT2D eigenvalue weighted by molar-refractivity contribution is -0.111. The maximum atomic E-state index is 13.1. The summed E-state index contributed by atoms with van der Waals surface area (Å²) in [6.45, 7) is 2.28. The Kier molecular flexibility index (Phi) is 5.52. The molecule has 4 aromatic rings. The topological polar surface area (TPSA) is 64.0 Å². The Morgan fingerprint density at radius 2 is 1.70 bits per heavy atom. The summed E-state index contributed by atoms with van der Waals surface area (Å²) in [5, 5.41) is 3.29. The van der Waals surface area contributed by atoms with Gasteiger partial charge in [-0.05, 0) is 42.3 Å². The second kappa shape index (κ2) is 8.57. The maximum Gasteiger partial charge on any atom is 0.261 e. The lowest BCUT2D eigenvalue weighted by atomic mass is 10.2. The van der Waals surface area contributed by atoms with Gasteiger partial charge in [0.05, 0.1) is 17.4 Å². The van der Waals surface area contributed by atoms with Gasteiger partial charge in [-0.3, -0.25) is 14.2 Å². The highest BCUT2D eigenvalue weighted by atomic mass is 16.1. The van der Waals surface area contributed by atoms with Crippen LogP contribution in [-0.2, 0) is 11.3 Å². The van der Waals surface area contributed by atoms with Crippen LogP contribution in [-0.4, -0.2) is 15.5 Å². The lowest BCUT2D eigenvalue weighted by Gasteiger charge is -2.12. The summed E-state index contributed by atoms with van der Waals surface area (Å²) < 4.78 is 1.65. The lowest BCUT2D eigenvalue weighted by Crippen LogP contribution is -2.24. The molecule has 1 N–H and O–H groups in total. The van der Waals surface area contributed by atoms with E-state index in [0.717, 1.165) is 11.1 Å². The summed E-state index contributed by atoms with van der Waals surface area (Å²) in [5.74, 6) is 0.391. The van der Waals surface area contributed by atoms with Gasteiger partial charge in [0.15, 0.2) is 0 Å². The molecule has 0 aliphatic carbocycles. The van der Waals surface area contributed by atoms with Crippen LogP contribution in [0.2, 0.25) is 0 Å². The quantitative estimate of drug-likeness (QED) is 0.509. The molecule has 0 aliphatic rings.